The SMILES string of the molecule is COCCC1(CNCc2cc(OC)ccc2N)CC1. The maximum absolute atomic E-state index is 5.97. The van der Waals surface area contributed by atoms with Crippen LogP contribution in [-0.4, -0.2) is 27.4 Å². The first-order chi connectivity index (χ1) is 9.19. The molecular weight excluding hydrogens is 240 g/mol. The molecule has 106 valence electrons. The minimum Gasteiger partial charge on any atom is -0.497 e. The van der Waals surface area contributed by atoms with E-state index in [1.54, 1.807) is 14.2 Å². The molecule has 4 nitrogen and oxygen atoms in total. The summed E-state index contributed by atoms with van der Waals surface area (Å²) in [6, 6.07) is 5.78. The highest BCUT2D eigenvalue weighted by atomic mass is 16.5. The second kappa shape index (κ2) is 6.26. The van der Waals surface area contributed by atoms with Crippen LogP contribution >= 0.6 is 0 Å². The van der Waals surface area contributed by atoms with Gasteiger partial charge in [-0.05, 0) is 48.4 Å². The number of nitrogens with one attached hydrogen (secondary N) is 1. The number of anilines is 1. The molecule has 19 heavy (non-hydrogen) atoms. The van der Waals surface area contributed by atoms with Crippen LogP contribution in [0.5, 0.6) is 5.75 Å². The lowest BCUT2D eigenvalue weighted by atomic mass is 10.0. The van der Waals surface area contributed by atoms with Gasteiger partial charge in [-0.3, -0.25) is 0 Å². The lowest BCUT2D eigenvalue weighted by molar-refractivity contribution is 0.171. The number of methoxy groups -OCH3 is 2. The molecule has 4 heteroatoms. The van der Waals surface area contributed by atoms with Crippen LogP contribution < -0.4 is 15.8 Å². The topological polar surface area (TPSA) is 56.5 Å². The van der Waals surface area contributed by atoms with Crippen molar-refractivity contribution < 1.29 is 9.47 Å². The first-order valence-corrected chi connectivity index (χ1v) is 6.81. The third kappa shape index (κ3) is 3.85. The van der Waals surface area contributed by atoms with Gasteiger partial charge in [-0.15, -0.1) is 0 Å². The van der Waals surface area contributed by atoms with Crippen molar-refractivity contribution in [3.05, 3.63) is 23.8 Å². The molecule has 3 N–H and O–H groups in total. The van der Waals surface area contributed by atoms with Crippen LogP contribution in [-0.2, 0) is 11.3 Å². The smallest absolute Gasteiger partial charge is 0.119 e. The van der Waals surface area contributed by atoms with Gasteiger partial charge in [-0.1, -0.05) is 0 Å². The summed E-state index contributed by atoms with van der Waals surface area (Å²) in [5.41, 5.74) is 8.35. The number of hydrogen-bond donors (Lipinski definition) is 2. The van der Waals surface area contributed by atoms with Gasteiger partial charge in [0.25, 0.3) is 0 Å². The predicted octanol–water partition coefficient (Wildman–Crippen LogP) is 2.18. The summed E-state index contributed by atoms with van der Waals surface area (Å²) in [6.07, 6.45) is 3.75. The molecule has 0 unspecified atom stereocenters. The first-order valence-electron chi connectivity index (χ1n) is 6.81. The number of nitrogens with two attached hydrogens (primary N) is 1. The van der Waals surface area contributed by atoms with Crippen LogP contribution in [0.25, 0.3) is 0 Å². The second-order valence-corrected chi connectivity index (χ2v) is 5.41. The van der Waals surface area contributed by atoms with E-state index in [1.165, 1.54) is 12.8 Å². The Morgan fingerprint density at radius 2 is 2.11 bits per heavy atom. The monoisotopic (exact) mass is 264 g/mol. The lowest BCUT2D eigenvalue weighted by Crippen LogP contribution is -2.25. The maximum Gasteiger partial charge on any atom is 0.119 e. The van der Waals surface area contributed by atoms with Crippen LogP contribution in [0, 0.1) is 5.41 Å². The van der Waals surface area contributed by atoms with Crippen LogP contribution in [0.15, 0.2) is 18.2 Å². The fourth-order valence-electron chi connectivity index (χ4n) is 2.34. The third-order valence-corrected chi connectivity index (χ3v) is 3.96. The van der Waals surface area contributed by atoms with E-state index in [0.29, 0.717) is 5.41 Å². The van der Waals surface area contributed by atoms with Gasteiger partial charge < -0.3 is 20.5 Å². The Kier molecular flexibility index (Phi) is 4.66. The zero-order valence-corrected chi connectivity index (χ0v) is 11.9. The highest BCUT2D eigenvalue weighted by molar-refractivity contribution is 5.50. The zero-order valence-electron chi connectivity index (χ0n) is 11.9. The lowest BCUT2D eigenvalue weighted by Gasteiger charge is -2.16. The van der Waals surface area contributed by atoms with Crippen molar-refractivity contribution in [2.45, 2.75) is 25.8 Å². The number of ether oxygens (including phenoxy) is 2. The molecule has 1 saturated carbocycles. The van der Waals surface area contributed by atoms with Gasteiger partial charge in [-0.25, -0.2) is 0 Å². The predicted molar refractivity (Wildman–Crippen MR) is 77.3 cm³/mol. The van der Waals surface area contributed by atoms with Crippen LogP contribution in [0.1, 0.15) is 24.8 Å². The van der Waals surface area contributed by atoms with Gasteiger partial charge in [-0.2, -0.15) is 0 Å². The summed E-state index contributed by atoms with van der Waals surface area (Å²) in [4.78, 5) is 0. The summed E-state index contributed by atoms with van der Waals surface area (Å²) < 4.78 is 10.4. The third-order valence-electron chi connectivity index (χ3n) is 3.96. The standard InChI is InChI=1S/C15H24N2O2/c1-18-8-7-15(5-6-15)11-17-10-12-9-13(19-2)3-4-14(12)16/h3-4,9,17H,5-8,10-11,16H2,1-2H3. The number of hydrogen-bond acceptors (Lipinski definition) is 4. The molecular formula is C15H24N2O2. The Bertz CT molecular complexity index is 417. The van der Waals surface area contributed by atoms with Gasteiger partial charge in [0.1, 0.15) is 5.75 Å². The van der Waals surface area contributed by atoms with Crippen LogP contribution in [0.3, 0.4) is 0 Å². The molecule has 0 spiro atoms. The van der Waals surface area contributed by atoms with Crippen molar-refractivity contribution in [2.24, 2.45) is 5.41 Å². The molecule has 1 aromatic carbocycles. The molecule has 0 radical (unpaired) electrons. The summed E-state index contributed by atoms with van der Waals surface area (Å²) in [5.74, 6) is 0.853. The largest absolute Gasteiger partial charge is 0.497 e. The Morgan fingerprint density at radius 3 is 2.74 bits per heavy atom. The molecule has 0 aliphatic heterocycles. The van der Waals surface area contributed by atoms with E-state index in [1.807, 2.05) is 18.2 Å². The van der Waals surface area contributed by atoms with E-state index in [-0.39, 0.29) is 0 Å². The van der Waals surface area contributed by atoms with Crippen LogP contribution in [0.4, 0.5) is 5.69 Å². The molecule has 0 atom stereocenters. The number of benzene rings is 1. The average Bonchev–Trinajstić information content (AvgIpc) is 3.19. The molecule has 1 aromatic rings. The van der Waals surface area contributed by atoms with E-state index in [4.69, 9.17) is 15.2 Å². The zero-order chi connectivity index (χ0) is 13.7. The van der Waals surface area contributed by atoms with E-state index in [9.17, 15) is 0 Å². The Balaban J connectivity index is 1.82. The maximum atomic E-state index is 5.97. The van der Waals surface area contributed by atoms with Gasteiger partial charge in [0.05, 0.1) is 7.11 Å². The Morgan fingerprint density at radius 1 is 1.32 bits per heavy atom. The Hall–Kier alpha value is -1.26. The van der Waals surface area contributed by atoms with E-state index < -0.39 is 0 Å². The van der Waals surface area contributed by atoms with E-state index >= 15 is 0 Å². The average molecular weight is 264 g/mol. The van der Waals surface area contributed by atoms with Crippen molar-refractivity contribution >= 4 is 5.69 Å². The fraction of sp³-hybridized carbons (Fsp3) is 0.600. The molecule has 1 aliphatic carbocycles. The molecule has 1 fully saturated rings. The van der Waals surface area contributed by atoms with Crippen LogP contribution in [0.2, 0.25) is 0 Å². The molecule has 0 bridgehead atoms. The fourth-order valence-corrected chi connectivity index (χ4v) is 2.34. The number of nitrogen functional groups attached to an aromatic ring is 1. The normalized spacial score (nSPS) is 16.3. The van der Waals surface area contributed by atoms with Gasteiger partial charge in [0, 0.05) is 32.5 Å². The quantitative estimate of drug-likeness (QED) is 0.707. The highest BCUT2D eigenvalue weighted by Crippen LogP contribution is 2.48. The Labute approximate surface area is 115 Å². The van der Waals surface area contributed by atoms with Crippen molar-refractivity contribution in [1.82, 2.24) is 5.32 Å². The van der Waals surface area contributed by atoms with Gasteiger partial charge in [0.15, 0.2) is 0 Å². The van der Waals surface area contributed by atoms with Gasteiger partial charge in [0.2, 0.25) is 0 Å². The number of rotatable bonds is 8. The molecule has 0 amide bonds. The minimum atomic E-state index is 0.462. The summed E-state index contributed by atoms with van der Waals surface area (Å²) >= 11 is 0. The summed E-state index contributed by atoms with van der Waals surface area (Å²) in [6.45, 7) is 2.67. The molecule has 0 heterocycles. The van der Waals surface area contributed by atoms with Gasteiger partial charge >= 0.3 is 0 Å². The summed E-state index contributed by atoms with van der Waals surface area (Å²) in [5, 5.41) is 3.51. The van der Waals surface area contributed by atoms with Crippen molar-refractivity contribution in [3.63, 3.8) is 0 Å². The molecule has 2 rings (SSSR count). The van der Waals surface area contributed by atoms with Crippen molar-refractivity contribution in [3.8, 4) is 5.75 Å². The van der Waals surface area contributed by atoms with Crippen molar-refractivity contribution in [1.29, 1.82) is 0 Å². The molecule has 0 saturated heterocycles. The minimum absolute atomic E-state index is 0.462. The van der Waals surface area contributed by atoms with E-state index in [0.717, 1.165) is 43.1 Å². The molecule has 1 aliphatic rings. The summed E-state index contributed by atoms with van der Waals surface area (Å²) in [7, 11) is 3.44. The van der Waals surface area contributed by atoms with E-state index in [2.05, 4.69) is 5.32 Å². The molecule has 0 aromatic heterocycles. The highest BCUT2D eigenvalue weighted by Gasteiger charge is 2.41. The second-order valence-electron chi connectivity index (χ2n) is 5.41. The van der Waals surface area contributed by atoms with Crippen molar-refractivity contribution in [2.75, 3.05) is 33.1 Å². The first kappa shape index (κ1) is 14.2.